The van der Waals surface area contributed by atoms with Crippen molar-refractivity contribution in [3.63, 3.8) is 0 Å². The van der Waals surface area contributed by atoms with E-state index < -0.39 is 8.32 Å². The van der Waals surface area contributed by atoms with Crippen LogP contribution in [0.25, 0.3) is 0 Å². The summed E-state index contributed by atoms with van der Waals surface area (Å²) >= 11 is 0. The summed E-state index contributed by atoms with van der Waals surface area (Å²) in [6.07, 6.45) is 25.4. The summed E-state index contributed by atoms with van der Waals surface area (Å²) in [5.74, 6) is 2.59. The third-order valence-electron chi connectivity index (χ3n) is 5.16. The Bertz CT molecular complexity index is 311. The maximum Gasteiger partial charge on any atom is 0.193 e. The predicted octanol–water partition coefficient (Wildman–Crippen LogP) is 7.88. The zero-order valence-electron chi connectivity index (χ0n) is 17.5. The molecule has 0 fully saturated rings. The molecular weight excluding hydrogens is 320 g/mol. The van der Waals surface area contributed by atoms with E-state index in [0.29, 0.717) is 0 Å². The van der Waals surface area contributed by atoms with E-state index in [0.717, 1.165) is 6.61 Å². The average molecular weight is 365 g/mol. The molecule has 0 unspecified atom stereocenters. The van der Waals surface area contributed by atoms with Crippen molar-refractivity contribution in [3.05, 3.63) is 12.2 Å². The van der Waals surface area contributed by atoms with Gasteiger partial charge in [0.05, 0.1) is 6.61 Å². The second kappa shape index (κ2) is 18.3. The zero-order valence-corrected chi connectivity index (χ0v) is 18.5. The van der Waals surface area contributed by atoms with Gasteiger partial charge in [-0.3, -0.25) is 0 Å². The number of allylic oxidation sites excluding steroid dienone is 1. The summed E-state index contributed by atoms with van der Waals surface area (Å²) in [6, 6.07) is 4.07. The molecule has 0 aliphatic heterocycles. The van der Waals surface area contributed by atoms with Gasteiger partial charge in [0.2, 0.25) is 0 Å². The highest BCUT2D eigenvalue weighted by Crippen LogP contribution is 2.31. The molecule has 25 heavy (non-hydrogen) atoms. The fraction of sp³-hybridized carbons (Fsp3) is 0.826. The lowest BCUT2D eigenvalue weighted by molar-refractivity contribution is 0.333. The van der Waals surface area contributed by atoms with Crippen LogP contribution in [0.15, 0.2) is 12.2 Å². The molecule has 146 valence electrons. The first-order valence-corrected chi connectivity index (χ1v) is 13.5. The van der Waals surface area contributed by atoms with Crippen LogP contribution < -0.4 is 0 Å². The first kappa shape index (κ1) is 24.5. The normalized spacial score (nSPS) is 11.9. The van der Waals surface area contributed by atoms with Crippen LogP contribution in [-0.2, 0) is 4.43 Å². The Morgan fingerprint density at radius 3 is 1.52 bits per heavy atom. The first-order chi connectivity index (χ1) is 12.2. The molecule has 0 aromatic rings. The number of hydrogen-bond donors (Lipinski definition) is 0. The smallest absolute Gasteiger partial charge is 0.193 e. The van der Waals surface area contributed by atoms with E-state index in [1.165, 1.54) is 95.2 Å². The monoisotopic (exact) mass is 364 g/mol. The summed E-state index contributed by atoms with van der Waals surface area (Å²) in [4.78, 5) is 0. The van der Waals surface area contributed by atoms with Gasteiger partial charge in [0.1, 0.15) is 0 Å². The molecule has 0 heterocycles. The molecule has 0 aromatic carbocycles. The Hall–Kier alpha value is -0.523. The molecule has 1 nitrogen and oxygen atoms in total. The number of terminal acetylenes is 1. The van der Waals surface area contributed by atoms with E-state index in [9.17, 15) is 0 Å². The lowest BCUT2D eigenvalue weighted by Gasteiger charge is -2.32. The van der Waals surface area contributed by atoms with Crippen LogP contribution in [0.3, 0.4) is 0 Å². The molecule has 2 heteroatoms. The van der Waals surface area contributed by atoms with Gasteiger partial charge in [0, 0.05) is 0 Å². The van der Waals surface area contributed by atoms with Crippen molar-refractivity contribution in [2.24, 2.45) is 0 Å². The van der Waals surface area contributed by atoms with Crippen molar-refractivity contribution in [2.45, 2.75) is 116 Å². The minimum Gasteiger partial charge on any atom is -0.413 e. The van der Waals surface area contributed by atoms with Crippen molar-refractivity contribution in [2.75, 3.05) is 6.61 Å². The highest BCUT2D eigenvalue weighted by molar-refractivity contribution is 6.73. The quantitative estimate of drug-likeness (QED) is 0.136. The number of hydrogen-bond acceptors (Lipinski definition) is 1. The fourth-order valence-corrected chi connectivity index (χ4v) is 7.87. The van der Waals surface area contributed by atoms with Gasteiger partial charge in [0.15, 0.2) is 8.32 Å². The summed E-state index contributed by atoms with van der Waals surface area (Å²) in [5, 5.41) is 0. The van der Waals surface area contributed by atoms with Crippen molar-refractivity contribution < 1.29 is 4.43 Å². The maximum absolute atomic E-state index is 6.63. The minimum absolute atomic E-state index is 0.728. The molecule has 0 atom stereocenters. The van der Waals surface area contributed by atoms with Crippen LogP contribution in [0.5, 0.6) is 0 Å². The Morgan fingerprint density at radius 2 is 1.16 bits per heavy atom. The molecular formula is C23H44OSi. The third kappa shape index (κ3) is 14.3. The van der Waals surface area contributed by atoms with Gasteiger partial charge >= 0.3 is 0 Å². The SMILES string of the molecule is C#CC=CCO[Si](CCCCCC)(CCCCCC)CCCCCC. The van der Waals surface area contributed by atoms with E-state index in [1.54, 1.807) is 6.08 Å². The molecule has 0 aromatic heterocycles. The molecule has 0 saturated carbocycles. The Kier molecular flexibility index (Phi) is 17.9. The minimum atomic E-state index is -1.62. The number of unbranched alkanes of at least 4 members (excludes halogenated alkanes) is 9. The zero-order chi connectivity index (χ0) is 18.6. The number of rotatable bonds is 18. The summed E-state index contributed by atoms with van der Waals surface area (Å²) < 4.78 is 6.63. The van der Waals surface area contributed by atoms with Gasteiger partial charge in [-0.1, -0.05) is 110 Å². The standard InChI is InChI=1S/C23H44OSi/c1-5-9-13-17-21-25(22-18-14-10-6-2,23-19-15-11-7-3)24-20-16-12-8-4/h4,12,16H,5-7,9-11,13-15,17-23H2,1-3H3. The molecule has 0 saturated heterocycles. The summed E-state index contributed by atoms with van der Waals surface area (Å²) in [7, 11) is -1.62. The average Bonchev–Trinajstić information content (AvgIpc) is 2.63. The van der Waals surface area contributed by atoms with Gasteiger partial charge in [-0.15, -0.1) is 6.42 Å². The van der Waals surface area contributed by atoms with E-state index >= 15 is 0 Å². The fourth-order valence-electron chi connectivity index (χ4n) is 3.55. The maximum atomic E-state index is 6.63. The van der Waals surface area contributed by atoms with Gasteiger partial charge in [0.25, 0.3) is 0 Å². The molecule has 0 spiro atoms. The van der Waals surface area contributed by atoms with Crippen molar-refractivity contribution in [1.29, 1.82) is 0 Å². The molecule has 0 radical (unpaired) electrons. The predicted molar refractivity (Wildman–Crippen MR) is 117 cm³/mol. The van der Waals surface area contributed by atoms with Gasteiger partial charge in [-0.2, -0.15) is 0 Å². The molecule has 0 aliphatic carbocycles. The topological polar surface area (TPSA) is 9.23 Å². The summed E-state index contributed by atoms with van der Waals surface area (Å²) in [5.41, 5.74) is 0. The molecule has 0 aliphatic rings. The highest BCUT2D eigenvalue weighted by Gasteiger charge is 2.33. The largest absolute Gasteiger partial charge is 0.413 e. The third-order valence-corrected chi connectivity index (χ3v) is 9.73. The first-order valence-electron chi connectivity index (χ1n) is 11.0. The van der Waals surface area contributed by atoms with Crippen LogP contribution in [0.1, 0.15) is 97.8 Å². The van der Waals surface area contributed by atoms with Crippen LogP contribution in [0.4, 0.5) is 0 Å². The summed E-state index contributed by atoms with van der Waals surface area (Å²) in [6.45, 7) is 7.61. The molecule has 0 N–H and O–H groups in total. The van der Waals surface area contributed by atoms with Crippen LogP contribution in [0.2, 0.25) is 18.1 Å². The Morgan fingerprint density at radius 1 is 0.720 bits per heavy atom. The molecule has 0 rings (SSSR count). The second-order valence-corrected chi connectivity index (χ2v) is 11.6. The highest BCUT2D eigenvalue weighted by atomic mass is 28.4. The lowest BCUT2D eigenvalue weighted by Crippen LogP contribution is -2.38. The second-order valence-electron chi connectivity index (χ2n) is 7.50. The van der Waals surface area contributed by atoms with Crippen LogP contribution in [0, 0.1) is 12.3 Å². The van der Waals surface area contributed by atoms with Crippen LogP contribution >= 0.6 is 0 Å². The Balaban J connectivity index is 4.73. The van der Waals surface area contributed by atoms with E-state index in [1.807, 2.05) is 6.08 Å². The van der Waals surface area contributed by atoms with Crippen molar-refractivity contribution >= 4 is 8.32 Å². The van der Waals surface area contributed by atoms with E-state index in [2.05, 4.69) is 26.7 Å². The lowest BCUT2D eigenvalue weighted by atomic mass is 10.2. The van der Waals surface area contributed by atoms with Gasteiger partial charge in [-0.05, 0) is 24.2 Å². The molecule has 0 amide bonds. The Labute approximate surface area is 160 Å². The van der Waals surface area contributed by atoms with Gasteiger partial charge < -0.3 is 4.43 Å². The van der Waals surface area contributed by atoms with E-state index in [-0.39, 0.29) is 0 Å². The van der Waals surface area contributed by atoms with Crippen LogP contribution in [-0.4, -0.2) is 14.9 Å². The van der Waals surface area contributed by atoms with Crippen molar-refractivity contribution in [1.82, 2.24) is 0 Å². The molecule has 0 bridgehead atoms. The van der Waals surface area contributed by atoms with E-state index in [4.69, 9.17) is 10.8 Å². The van der Waals surface area contributed by atoms with Gasteiger partial charge in [-0.25, -0.2) is 0 Å². The van der Waals surface area contributed by atoms with Crippen molar-refractivity contribution in [3.8, 4) is 12.3 Å².